The number of fused-ring (bicyclic) bond motifs is 4. The molecule has 1 atom stereocenters. The lowest BCUT2D eigenvalue weighted by atomic mass is 9.93. The van der Waals surface area contributed by atoms with E-state index in [4.69, 9.17) is 4.74 Å². The molecule has 0 saturated heterocycles. The Balaban J connectivity index is 1.21. The van der Waals surface area contributed by atoms with Gasteiger partial charge in [0.2, 0.25) is 0 Å². The largest absolute Gasteiger partial charge is 0.497 e. The van der Waals surface area contributed by atoms with Crippen LogP contribution >= 0.6 is 11.3 Å². The number of methoxy groups -OCH3 is 1. The van der Waals surface area contributed by atoms with Crippen molar-refractivity contribution in [3.05, 3.63) is 105 Å². The Morgan fingerprint density at radius 2 is 1.86 bits per heavy atom. The SMILES string of the molecule is COc1ccc(CNC2CCc3c(sc4ncn(Cc5ccc6ccccc6c5)c(=O)c34)C2)cc1. The van der Waals surface area contributed by atoms with Gasteiger partial charge in [0, 0.05) is 17.5 Å². The van der Waals surface area contributed by atoms with E-state index in [0.717, 1.165) is 47.3 Å². The topological polar surface area (TPSA) is 56.1 Å². The van der Waals surface area contributed by atoms with Crippen LogP contribution < -0.4 is 15.6 Å². The van der Waals surface area contributed by atoms with Crippen molar-refractivity contribution in [3.8, 4) is 5.75 Å². The zero-order valence-corrected chi connectivity index (χ0v) is 20.5. The van der Waals surface area contributed by atoms with E-state index < -0.39 is 0 Å². The summed E-state index contributed by atoms with van der Waals surface area (Å²) >= 11 is 1.68. The van der Waals surface area contributed by atoms with Crippen molar-refractivity contribution in [3.63, 3.8) is 0 Å². The Hall–Kier alpha value is -3.48. The van der Waals surface area contributed by atoms with Crippen molar-refractivity contribution in [1.82, 2.24) is 14.9 Å². The molecule has 1 unspecified atom stereocenters. The van der Waals surface area contributed by atoms with Gasteiger partial charge in [-0.15, -0.1) is 11.3 Å². The number of rotatable bonds is 6. The number of thiophene rings is 1. The smallest absolute Gasteiger partial charge is 0.262 e. The molecule has 35 heavy (non-hydrogen) atoms. The van der Waals surface area contributed by atoms with Crippen LogP contribution in [-0.4, -0.2) is 22.7 Å². The van der Waals surface area contributed by atoms with Crippen LogP contribution in [0.3, 0.4) is 0 Å². The molecule has 0 saturated carbocycles. The molecule has 0 radical (unpaired) electrons. The van der Waals surface area contributed by atoms with Gasteiger partial charge in [-0.25, -0.2) is 4.98 Å². The first-order chi connectivity index (χ1) is 17.2. The van der Waals surface area contributed by atoms with Crippen molar-refractivity contribution in [1.29, 1.82) is 0 Å². The molecule has 1 aliphatic carbocycles. The molecule has 1 N–H and O–H groups in total. The lowest BCUT2D eigenvalue weighted by Gasteiger charge is -2.23. The van der Waals surface area contributed by atoms with Crippen molar-refractivity contribution in [2.45, 2.75) is 38.4 Å². The van der Waals surface area contributed by atoms with Gasteiger partial charge in [-0.05, 0) is 64.9 Å². The van der Waals surface area contributed by atoms with Gasteiger partial charge in [-0.3, -0.25) is 9.36 Å². The van der Waals surface area contributed by atoms with Gasteiger partial charge in [-0.1, -0.05) is 48.5 Å². The number of nitrogens with zero attached hydrogens (tertiary/aromatic N) is 2. The summed E-state index contributed by atoms with van der Waals surface area (Å²) in [7, 11) is 1.69. The minimum Gasteiger partial charge on any atom is -0.497 e. The zero-order chi connectivity index (χ0) is 23.8. The number of hydrogen-bond acceptors (Lipinski definition) is 5. The van der Waals surface area contributed by atoms with Gasteiger partial charge < -0.3 is 10.1 Å². The average molecular weight is 482 g/mol. The number of nitrogens with one attached hydrogen (secondary N) is 1. The standard InChI is InChI=1S/C29H27N3O2S/c1-34-24-11-7-19(8-12-24)16-30-23-10-13-25-26(15-23)35-28-27(25)29(33)32(18-31-28)17-20-6-9-21-4-2-3-5-22(21)14-20/h2-9,11-12,14,18,23,30H,10,13,15-17H2,1H3. The molecule has 2 aromatic heterocycles. The highest BCUT2D eigenvalue weighted by molar-refractivity contribution is 7.18. The fourth-order valence-electron chi connectivity index (χ4n) is 5.03. The molecule has 0 bridgehead atoms. The highest BCUT2D eigenvalue weighted by Gasteiger charge is 2.25. The fourth-order valence-corrected chi connectivity index (χ4v) is 6.29. The monoisotopic (exact) mass is 481 g/mol. The van der Waals surface area contributed by atoms with Gasteiger partial charge in [-0.2, -0.15) is 0 Å². The number of aryl methyl sites for hydroxylation is 1. The Bertz CT molecular complexity index is 1570. The van der Waals surface area contributed by atoms with Crippen LogP contribution in [0.5, 0.6) is 5.75 Å². The van der Waals surface area contributed by atoms with Gasteiger partial charge in [0.25, 0.3) is 5.56 Å². The van der Waals surface area contributed by atoms with Crippen molar-refractivity contribution in [2.24, 2.45) is 0 Å². The van der Waals surface area contributed by atoms with E-state index in [2.05, 4.69) is 52.8 Å². The summed E-state index contributed by atoms with van der Waals surface area (Å²) in [6.45, 7) is 1.36. The number of benzene rings is 3. The van der Waals surface area contributed by atoms with Gasteiger partial charge in [0.1, 0.15) is 10.6 Å². The summed E-state index contributed by atoms with van der Waals surface area (Å²) in [4.78, 5) is 20.3. The lowest BCUT2D eigenvalue weighted by Crippen LogP contribution is -2.33. The second kappa shape index (κ2) is 9.29. The second-order valence-corrected chi connectivity index (χ2v) is 10.3. The summed E-state index contributed by atoms with van der Waals surface area (Å²) in [6.07, 6.45) is 4.58. The first-order valence-electron chi connectivity index (χ1n) is 12.0. The normalized spacial score (nSPS) is 15.4. The predicted octanol–water partition coefficient (Wildman–Crippen LogP) is 5.32. The van der Waals surface area contributed by atoms with Crippen molar-refractivity contribution in [2.75, 3.05) is 7.11 Å². The highest BCUT2D eigenvalue weighted by atomic mass is 32.1. The van der Waals surface area contributed by atoms with Crippen LogP contribution in [0.4, 0.5) is 0 Å². The van der Waals surface area contributed by atoms with E-state index >= 15 is 0 Å². The van der Waals surface area contributed by atoms with Crippen LogP contribution in [0.15, 0.2) is 77.9 Å². The number of hydrogen-bond donors (Lipinski definition) is 1. The molecule has 1 aliphatic rings. The first-order valence-corrected chi connectivity index (χ1v) is 12.8. The van der Waals surface area contributed by atoms with Crippen molar-refractivity contribution >= 4 is 32.3 Å². The molecule has 0 aliphatic heterocycles. The van der Waals surface area contributed by atoms with Gasteiger partial charge >= 0.3 is 0 Å². The molecular weight excluding hydrogens is 454 g/mol. The fraction of sp³-hybridized carbons (Fsp3) is 0.241. The Kier molecular flexibility index (Phi) is 5.84. The van der Waals surface area contributed by atoms with Gasteiger partial charge in [0.05, 0.1) is 25.4 Å². The predicted molar refractivity (Wildman–Crippen MR) is 143 cm³/mol. The maximum atomic E-state index is 13.5. The van der Waals surface area contributed by atoms with Gasteiger partial charge in [0.15, 0.2) is 0 Å². The Morgan fingerprint density at radius 3 is 2.69 bits per heavy atom. The Labute approximate surface area is 208 Å². The molecular formula is C29H27N3O2S. The molecule has 3 aromatic carbocycles. The molecule has 6 heteroatoms. The first kappa shape index (κ1) is 22.0. The number of ether oxygens (including phenoxy) is 1. The van der Waals surface area contributed by atoms with Crippen LogP contribution in [0.2, 0.25) is 0 Å². The van der Waals surface area contributed by atoms with Crippen LogP contribution in [-0.2, 0) is 25.9 Å². The maximum absolute atomic E-state index is 13.5. The molecule has 0 spiro atoms. The van der Waals surface area contributed by atoms with Crippen LogP contribution in [0.1, 0.15) is 28.0 Å². The molecule has 0 fully saturated rings. The average Bonchev–Trinajstić information content (AvgIpc) is 3.28. The van der Waals surface area contributed by atoms with E-state index in [1.54, 1.807) is 29.3 Å². The third kappa shape index (κ3) is 4.35. The van der Waals surface area contributed by atoms with Crippen LogP contribution in [0, 0.1) is 0 Å². The summed E-state index contributed by atoms with van der Waals surface area (Å²) in [5.74, 6) is 0.875. The van der Waals surface area contributed by atoms with E-state index in [9.17, 15) is 4.79 Å². The third-order valence-corrected chi connectivity index (χ3v) is 8.12. The quantitative estimate of drug-likeness (QED) is 0.357. The molecule has 2 heterocycles. The van der Waals surface area contributed by atoms with E-state index in [-0.39, 0.29) is 5.56 Å². The minimum absolute atomic E-state index is 0.0744. The highest BCUT2D eigenvalue weighted by Crippen LogP contribution is 2.34. The molecule has 5 nitrogen and oxygen atoms in total. The second-order valence-electron chi connectivity index (χ2n) is 9.21. The molecule has 0 amide bonds. The number of aromatic nitrogens is 2. The van der Waals surface area contributed by atoms with E-state index in [1.165, 1.54) is 26.8 Å². The van der Waals surface area contributed by atoms with E-state index in [0.29, 0.717) is 12.6 Å². The molecule has 176 valence electrons. The summed E-state index contributed by atoms with van der Waals surface area (Å²) in [5.41, 5.74) is 3.63. The minimum atomic E-state index is 0.0744. The third-order valence-electron chi connectivity index (χ3n) is 6.96. The summed E-state index contributed by atoms with van der Waals surface area (Å²) in [5, 5.41) is 6.91. The Morgan fingerprint density at radius 1 is 1.06 bits per heavy atom. The molecule has 5 aromatic rings. The zero-order valence-electron chi connectivity index (χ0n) is 19.7. The molecule has 6 rings (SSSR count). The van der Waals surface area contributed by atoms with E-state index in [1.807, 2.05) is 24.3 Å². The maximum Gasteiger partial charge on any atom is 0.262 e. The summed E-state index contributed by atoms with van der Waals surface area (Å²) in [6, 6.07) is 23.3. The lowest BCUT2D eigenvalue weighted by molar-refractivity contribution is 0.414. The van der Waals surface area contributed by atoms with Crippen molar-refractivity contribution < 1.29 is 4.74 Å². The summed E-state index contributed by atoms with van der Waals surface area (Å²) < 4.78 is 7.00. The van der Waals surface area contributed by atoms with Crippen LogP contribution in [0.25, 0.3) is 21.0 Å².